The Labute approximate surface area is 121 Å². The molecular formula is C17H25FN2. The van der Waals surface area contributed by atoms with Gasteiger partial charge in [0.2, 0.25) is 0 Å². The minimum Gasteiger partial charge on any atom is -0.307 e. The molecule has 1 atom stereocenters. The van der Waals surface area contributed by atoms with Crippen molar-refractivity contribution >= 4 is 0 Å². The summed E-state index contributed by atoms with van der Waals surface area (Å²) in [6.45, 7) is 4.62. The van der Waals surface area contributed by atoms with Crippen LogP contribution in [0.3, 0.4) is 0 Å². The van der Waals surface area contributed by atoms with Gasteiger partial charge in [0.15, 0.2) is 0 Å². The number of halogens is 1. The first-order valence-corrected chi connectivity index (χ1v) is 8.02. The second kappa shape index (κ2) is 6.23. The van der Waals surface area contributed by atoms with E-state index in [-0.39, 0.29) is 11.9 Å². The van der Waals surface area contributed by atoms with Crippen molar-refractivity contribution in [2.75, 3.05) is 13.1 Å². The lowest BCUT2D eigenvalue weighted by atomic mass is 9.99. The van der Waals surface area contributed by atoms with Crippen molar-refractivity contribution in [3.8, 4) is 0 Å². The smallest absolute Gasteiger partial charge is 0.123 e. The second-order valence-corrected chi connectivity index (χ2v) is 6.22. The molecule has 1 unspecified atom stereocenters. The van der Waals surface area contributed by atoms with Crippen LogP contribution in [0.1, 0.15) is 50.6 Å². The Morgan fingerprint density at radius 1 is 1.25 bits per heavy atom. The fourth-order valence-corrected chi connectivity index (χ4v) is 3.33. The molecule has 1 aromatic rings. The molecule has 3 heteroatoms. The number of nitrogens with one attached hydrogen (secondary N) is 1. The molecule has 0 amide bonds. The summed E-state index contributed by atoms with van der Waals surface area (Å²) < 4.78 is 13.4. The van der Waals surface area contributed by atoms with E-state index in [1.54, 1.807) is 6.07 Å². The lowest BCUT2D eigenvalue weighted by Crippen LogP contribution is -2.44. The maximum atomic E-state index is 13.4. The zero-order valence-electron chi connectivity index (χ0n) is 12.3. The van der Waals surface area contributed by atoms with E-state index < -0.39 is 0 Å². The number of rotatable bonds is 5. The molecule has 1 heterocycles. The Morgan fingerprint density at radius 2 is 2.00 bits per heavy atom. The second-order valence-electron chi connectivity index (χ2n) is 6.22. The van der Waals surface area contributed by atoms with Crippen LogP contribution >= 0.6 is 0 Å². The molecule has 0 aromatic heterocycles. The molecular weight excluding hydrogens is 251 g/mol. The van der Waals surface area contributed by atoms with Crippen molar-refractivity contribution in [3.05, 3.63) is 35.6 Å². The van der Waals surface area contributed by atoms with Crippen molar-refractivity contribution in [2.24, 2.45) is 0 Å². The first-order valence-electron chi connectivity index (χ1n) is 8.02. The van der Waals surface area contributed by atoms with E-state index in [0.29, 0.717) is 6.04 Å². The summed E-state index contributed by atoms with van der Waals surface area (Å²) >= 11 is 0. The van der Waals surface area contributed by atoms with Gasteiger partial charge in [-0.2, -0.15) is 0 Å². The predicted molar refractivity (Wildman–Crippen MR) is 80.2 cm³/mol. The Kier molecular flexibility index (Phi) is 4.37. The Balaban J connectivity index is 1.55. The van der Waals surface area contributed by atoms with Gasteiger partial charge in [-0.15, -0.1) is 0 Å². The molecule has 3 rings (SSSR count). The topological polar surface area (TPSA) is 15.3 Å². The molecule has 2 aliphatic rings. The van der Waals surface area contributed by atoms with Gasteiger partial charge in [-0.05, 0) is 62.9 Å². The maximum Gasteiger partial charge on any atom is 0.123 e. The van der Waals surface area contributed by atoms with Crippen LogP contribution in [0, 0.1) is 5.82 Å². The Morgan fingerprint density at radius 3 is 2.60 bits per heavy atom. The largest absolute Gasteiger partial charge is 0.307 e. The van der Waals surface area contributed by atoms with E-state index in [0.717, 1.165) is 18.0 Å². The van der Waals surface area contributed by atoms with Gasteiger partial charge in [0.1, 0.15) is 5.82 Å². The number of benzene rings is 1. The summed E-state index contributed by atoms with van der Waals surface area (Å²) in [5, 5.41) is 3.74. The average molecular weight is 276 g/mol. The SMILES string of the molecule is CCC(NC1CCN(C2CC2)CC1)c1cccc(F)c1. The molecule has 0 spiro atoms. The van der Waals surface area contributed by atoms with Gasteiger partial charge < -0.3 is 10.2 Å². The molecule has 2 nitrogen and oxygen atoms in total. The van der Waals surface area contributed by atoms with Crippen LogP contribution in [-0.2, 0) is 0 Å². The van der Waals surface area contributed by atoms with Gasteiger partial charge >= 0.3 is 0 Å². The lowest BCUT2D eigenvalue weighted by molar-refractivity contribution is 0.182. The summed E-state index contributed by atoms with van der Waals surface area (Å²) in [7, 11) is 0. The summed E-state index contributed by atoms with van der Waals surface area (Å²) in [5.41, 5.74) is 1.08. The minimum absolute atomic E-state index is 0.133. The van der Waals surface area contributed by atoms with Gasteiger partial charge in [0.25, 0.3) is 0 Å². The first kappa shape index (κ1) is 14.0. The number of likely N-dealkylation sites (tertiary alicyclic amines) is 1. The van der Waals surface area contributed by atoms with E-state index >= 15 is 0 Å². The fourth-order valence-electron chi connectivity index (χ4n) is 3.33. The van der Waals surface area contributed by atoms with E-state index in [1.165, 1.54) is 44.8 Å². The molecule has 0 radical (unpaired) electrons. The number of nitrogens with zero attached hydrogens (tertiary/aromatic N) is 1. The zero-order chi connectivity index (χ0) is 13.9. The third-order valence-electron chi connectivity index (χ3n) is 4.69. The summed E-state index contributed by atoms with van der Waals surface area (Å²) in [4.78, 5) is 2.64. The standard InChI is InChI=1S/C17H25FN2/c1-2-17(13-4-3-5-14(18)12-13)19-15-8-10-20(11-9-15)16-6-7-16/h3-5,12,15-17,19H,2,6-11H2,1H3. The predicted octanol–water partition coefficient (Wildman–Crippen LogP) is 3.49. The van der Waals surface area contributed by atoms with Gasteiger partial charge in [-0.3, -0.25) is 0 Å². The molecule has 1 aromatic carbocycles. The normalized spacial score (nSPS) is 22.9. The lowest BCUT2D eigenvalue weighted by Gasteiger charge is -2.34. The molecule has 1 N–H and O–H groups in total. The Bertz CT molecular complexity index is 436. The van der Waals surface area contributed by atoms with Crippen molar-refractivity contribution in [1.82, 2.24) is 10.2 Å². The Hall–Kier alpha value is -0.930. The minimum atomic E-state index is -0.133. The highest BCUT2D eigenvalue weighted by atomic mass is 19.1. The molecule has 1 saturated carbocycles. The van der Waals surface area contributed by atoms with Crippen molar-refractivity contribution in [2.45, 2.75) is 57.2 Å². The van der Waals surface area contributed by atoms with Crippen LogP contribution in [0.4, 0.5) is 4.39 Å². The summed E-state index contributed by atoms with van der Waals surface area (Å²) in [6, 6.07) is 8.78. The third kappa shape index (κ3) is 3.39. The summed E-state index contributed by atoms with van der Waals surface area (Å²) in [6.07, 6.45) is 6.26. The van der Waals surface area contributed by atoms with E-state index in [2.05, 4.69) is 17.1 Å². The van der Waals surface area contributed by atoms with E-state index in [4.69, 9.17) is 0 Å². The highest BCUT2D eigenvalue weighted by molar-refractivity contribution is 5.20. The molecule has 20 heavy (non-hydrogen) atoms. The summed E-state index contributed by atoms with van der Waals surface area (Å²) in [5.74, 6) is -0.133. The van der Waals surface area contributed by atoms with Crippen LogP contribution in [-0.4, -0.2) is 30.1 Å². The number of hydrogen-bond donors (Lipinski definition) is 1. The van der Waals surface area contributed by atoms with Crippen LogP contribution in [0.25, 0.3) is 0 Å². The van der Waals surface area contributed by atoms with Crippen LogP contribution in [0.5, 0.6) is 0 Å². The first-order chi connectivity index (χ1) is 9.76. The van der Waals surface area contributed by atoms with E-state index in [9.17, 15) is 4.39 Å². The van der Waals surface area contributed by atoms with E-state index in [1.807, 2.05) is 12.1 Å². The molecule has 1 aliphatic carbocycles. The molecule has 2 fully saturated rings. The molecule has 110 valence electrons. The van der Waals surface area contributed by atoms with Crippen molar-refractivity contribution < 1.29 is 4.39 Å². The van der Waals surface area contributed by atoms with Gasteiger partial charge in [-0.1, -0.05) is 19.1 Å². The van der Waals surface area contributed by atoms with Gasteiger partial charge in [0.05, 0.1) is 0 Å². The quantitative estimate of drug-likeness (QED) is 0.885. The zero-order valence-corrected chi connectivity index (χ0v) is 12.3. The molecule has 1 aliphatic heterocycles. The van der Waals surface area contributed by atoms with Crippen molar-refractivity contribution in [3.63, 3.8) is 0 Å². The molecule has 1 saturated heterocycles. The number of piperidine rings is 1. The maximum absolute atomic E-state index is 13.4. The van der Waals surface area contributed by atoms with Crippen LogP contribution in [0.2, 0.25) is 0 Å². The highest BCUT2D eigenvalue weighted by Crippen LogP contribution is 2.30. The van der Waals surface area contributed by atoms with Crippen LogP contribution < -0.4 is 5.32 Å². The third-order valence-corrected chi connectivity index (χ3v) is 4.69. The van der Waals surface area contributed by atoms with Gasteiger partial charge in [0, 0.05) is 18.1 Å². The van der Waals surface area contributed by atoms with Gasteiger partial charge in [-0.25, -0.2) is 4.39 Å². The monoisotopic (exact) mass is 276 g/mol. The average Bonchev–Trinajstić information content (AvgIpc) is 3.30. The highest BCUT2D eigenvalue weighted by Gasteiger charge is 2.32. The number of hydrogen-bond acceptors (Lipinski definition) is 2. The van der Waals surface area contributed by atoms with Crippen LogP contribution in [0.15, 0.2) is 24.3 Å². The fraction of sp³-hybridized carbons (Fsp3) is 0.647. The van der Waals surface area contributed by atoms with Crippen molar-refractivity contribution in [1.29, 1.82) is 0 Å². The molecule has 0 bridgehead atoms.